The van der Waals surface area contributed by atoms with Gasteiger partial charge in [-0.3, -0.25) is 9.59 Å². The van der Waals surface area contributed by atoms with E-state index in [2.05, 4.69) is 11.2 Å². The van der Waals surface area contributed by atoms with E-state index >= 15 is 0 Å². The molecule has 15 heteroatoms. The third-order valence-corrected chi connectivity index (χ3v) is 6.26. The molecule has 1 aliphatic heterocycles. The molecule has 1 amide bonds. The highest BCUT2D eigenvalue weighted by molar-refractivity contribution is 5.95. The van der Waals surface area contributed by atoms with Gasteiger partial charge in [-0.05, 0) is 31.5 Å². The number of halogens is 2. The Hall–Kier alpha value is -3.23. The molecule has 1 heterocycles. The van der Waals surface area contributed by atoms with Gasteiger partial charge in [-0.15, -0.1) is 12.3 Å². The fourth-order valence-corrected chi connectivity index (χ4v) is 4.01. The average Bonchev–Trinajstić information content (AvgIpc) is 2.97. The van der Waals surface area contributed by atoms with Gasteiger partial charge >= 0.3 is 5.97 Å². The van der Waals surface area contributed by atoms with Gasteiger partial charge < -0.3 is 49.4 Å². The summed E-state index contributed by atoms with van der Waals surface area (Å²) in [5.74, 6) is -1.73. The third kappa shape index (κ3) is 11.4. The van der Waals surface area contributed by atoms with Crippen LogP contribution in [0.3, 0.4) is 0 Å². The second-order valence-electron chi connectivity index (χ2n) is 9.44. The van der Waals surface area contributed by atoms with Crippen LogP contribution in [0.4, 0.5) is 14.5 Å². The number of anilines is 1. The van der Waals surface area contributed by atoms with E-state index in [1.165, 1.54) is 6.07 Å². The number of Topliss-reactive ketones (excluding diaryl/α,β-unsaturated/α-hetero) is 1. The van der Waals surface area contributed by atoms with Crippen LogP contribution in [0.1, 0.15) is 38.2 Å². The number of aliphatic carboxylic acids is 1. The molecule has 240 valence electrons. The number of carboxylic acids is 1. The molecular formula is C28H37F2NO12. The van der Waals surface area contributed by atoms with Crippen molar-refractivity contribution in [3.63, 3.8) is 0 Å². The number of terminal acetylenes is 1. The van der Waals surface area contributed by atoms with Gasteiger partial charge in [-0.1, -0.05) is 0 Å². The van der Waals surface area contributed by atoms with Crippen LogP contribution in [0.15, 0.2) is 18.2 Å². The number of ether oxygens (including phenoxy) is 5. The number of benzene rings is 1. The Bertz CT molecular complexity index is 1100. The summed E-state index contributed by atoms with van der Waals surface area (Å²) in [4.78, 5) is 36.7. The standard InChI is InChI=1S/C28H37F2NO12/c1-3-5-6-16(13-18(32)15-41-12-11-40-10-9-39-4-2)26(36)31-17-7-8-20(19(14-17)25(29)30)42-28-23(35)21(33)22(34)24(43-28)27(37)38/h1,7-8,14,16,21-25,28,33-35H,4-6,9-13,15H2,2H3,(H,31,36)(H,37,38). The van der Waals surface area contributed by atoms with Gasteiger partial charge in [0.2, 0.25) is 12.2 Å². The molecular weight excluding hydrogens is 580 g/mol. The quantitative estimate of drug-likeness (QED) is 0.109. The maximum Gasteiger partial charge on any atom is 0.335 e. The van der Waals surface area contributed by atoms with Crippen LogP contribution in [0.25, 0.3) is 0 Å². The summed E-state index contributed by atoms with van der Waals surface area (Å²) >= 11 is 0. The van der Waals surface area contributed by atoms with Crippen molar-refractivity contribution in [1.82, 2.24) is 0 Å². The van der Waals surface area contributed by atoms with E-state index in [0.29, 0.717) is 19.8 Å². The Labute approximate surface area is 247 Å². The number of nitrogens with one attached hydrogen (secondary N) is 1. The first-order valence-electron chi connectivity index (χ1n) is 13.5. The number of ketones is 1. The van der Waals surface area contributed by atoms with Gasteiger partial charge in [0.05, 0.1) is 32.0 Å². The lowest BCUT2D eigenvalue weighted by Crippen LogP contribution is -2.61. The predicted octanol–water partition coefficient (Wildman–Crippen LogP) is 0.892. The molecule has 13 nitrogen and oxygen atoms in total. The Morgan fingerprint density at radius 1 is 1.05 bits per heavy atom. The van der Waals surface area contributed by atoms with Crippen LogP contribution in [0.5, 0.6) is 5.75 Å². The maximum absolute atomic E-state index is 13.9. The smallest absolute Gasteiger partial charge is 0.335 e. The van der Waals surface area contributed by atoms with Crippen molar-refractivity contribution >= 4 is 23.3 Å². The van der Waals surface area contributed by atoms with E-state index in [0.717, 1.165) is 12.1 Å². The fourth-order valence-electron chi connectivity index (χ4n) is 4.01. The predicted molar refractivity (Wildman–Crippen MR) is 144 cm³/mol. The Kier molecular flexibility index (Phi) is 15.4. The maximum atomic E-state index is 13.9. The Balaban J connectivity index is 2.03. The molecule has 0 aromatic heterocycles. The van der Waals surface area contributed by atoms with Crippen LogP contribution in [0.2, 0.25) is 0 Å². The molecule has 6 unspecified atom stereocenters. The summed E-state index contributed by atoms with van der Waals surface area (Å²) in [7, 11) is 0. The SMILES string of the molecule is C#CCCC(CC(=O)COCCOCCOCC)C(=O)Nc1ccc(OC2OC(C(=O)O)C(O)C(O)C2O)c(C(F)F)c1. The molecule has 6 atom stereocenters. The minimum atomic E-state index is -3.16. The summed E-state index contributed by atoms with van der Waals surface area (Å²) in [6.45, 7) is 3.40. The zero-order valence-corrected chi connectivity index (χ0v) is 23.5. The van der Waals surface area contributed by atoms with E-state index in [1.807, 2.05) is 6.92 Å². The number of aliphatic hydroxyl groups is 3. The van der Waals surface area contributed by atoms with Gasteiger partial charge in [0, 0.05) is 31.1 Å². The molecule has 2 rings (SSSR count). The summed E-state index contributed by atoms with van der Waals surface area (Å²) in [6.07, 6.45) is -7.61. The highest BCUT2D eigenvalue weighted by Gasteiger charge is 2.48. The first-order valence-corrected chi connectivity index (χ1v) is 13.5. The normalized spacial score (nSPS) is 22.5. The molecule has 0 spiro atoms. The molecule has 1 saturated heterocycles. The van der Waals surface area contributed by atoms with Crippen LogP contribution in [-0.4, -0.2) is 108 Å². The van der Waals surface area contributed by atoms with Crippen LogP contribution in [-0.2, 0) is 33.3 Å². The van der Waals surface area contributed by atoms with E-state index in [4.69, 9.17) is 35.2 Å². The molecule has 1 aromatic carbocycles. The Morgan fingerprint density at radius 2 is 1.72 bits per heavy atom. The number of amides is 1. The molecule has 1 aromatic rings. The molecule has 43 heavy (non-hydrogen) atoms. The number of carbonyl (C=O) groups excluding carboxylic acids is 2. The van der Waals surface area contributed by atoms with E-state index in [9.17, 15) is 38.5 Å². The first-order chi connectivity index (χ1) is 20.5. The second kappa shape index (κ2) is 18.4. The van der Waals surface area contributed by atoms with Crippen molar-refractivity contribution in [2.75, 3.05) is 45.0 Å². The van der Waals surface area contributed by atoms with Crippen molar-refractivity contribution < 1.29 is 67.3 Å². The molecule has 0 bridgehead atoms. The lowest BCUT2D eigenvalue weighted by molar-refractivity contribution is -0.271. The first kappa shape index (κ1) is 36.0. The summed E-state index contributed by atoms with van der Waals surface area (Å²) in [5, 5.41) is 41.5. The van der Waals surface area contributed by atoms with Gasteiger partial charge in [0.1, 0.15) is 30.7 Å². The minimum Gasteiger partial charge on any atom is -0.479 e. The number of hydrogen-bond donors (Lipinski definition) is 5. The highest BCUT2D eigenvalue weighted by atomic mass is 19.3. The molecule has 1 fully saturated rings. The number of rotatable bonds is 19. The number of aliphatic hydroxyl groups excluding tert-OH is 3. The van der Waals surface area contributed by atoms with Crippen molar-refractivity contribution in [1.29, 1.82) is 0 Å². The molecule has 1 aliphatic rings. The number of carbonyl (C=O) groups is 3. The Morgan fingerprint density at radius 3 is 2.35 bits per heavy atom. The summed E-state index contributed by atoms with van der Waals surface area (Å²) in [5.41, 5.74) is -0.829. The van der Waals surface area contributed by atoms with Crippen molar-refractivity contribution in [2.45, 2.75) is 63.3 Å². The lowest BCUT2D eigenvalue weighted by atomic mass is 9.96. The third-order valence-electron chi connectivity index (χ3n) is 6.26. The monoisotopic (exact) mass is 617 g/mol. The lowest BCUT2D eigenvalue weighted by Gasteiger charge is -2.38. The van der Waals surface area contributed by atoms with Crippen LogP contribution in [0, 0.1) is 18.3 Å². The molecule has 0 radical (unpaired) electrons. The number of carboxylic acid groups (broad SMARTS) is 1. The van der Waals surface area contributed by atoms with Gasteiger partial charge in [0.25, 0.3) is 6.43 Å². The zero-order chi connectivity index (χ0) is 31.9. The number of alkyl halides is 2. The van der Waals surface area contributed by atoms with E-state index in [-0.39, 0.29) is 50.6 Å². The fraction of sp³-hybridized carbons (Fsp3) is 0.607. The average molecular weight is 618 g/mol. The molecule has 5 N–H and O–H groups in total. The van der Waals surface area contributed by atoms with E-state index in [1.54, 1.807) is 0 Å². The highest BCUT2D eigenvalue weighted by Crippen LogP contribution is 2.34. The topological polar surface area (TPSA) is 190 Å². The largest absolute Gasteiger partial charge is 0.479 e. The van der Waals surface area contributed by atoms with Crippen LogP contribution >= 0.6 is 0 Å². The molecule has 0 aliphatic carbocycles. The summed E-state index contributed by atoms with van der Waals surface area (Å²) in [6, 6.07) is 3.11. The van der Waals surface area contributed by atoms with Gasteiger partial charge in [-0.25, -0.2) is 13.6 Å². The van der Waals surface area contributed by atoms with Crippen LogP contribution < -0.4 is 10.1 Å². The van der Waals surface area contributed by atoms with Gasteiger partial charge in [-0.2, -0.15) is 0 Å². The molecule has 0 saturated carbocycles. The van der Waals surface area contributed by atoms with Crippen molar-refractivity contribution in [3.8, 4) is 18.1 Å². The van der Waals surface area contributed by atoms with Crippen molar-refractivity contribution in [3.05, 3.63) is 23.8 Å². The minimum absolute atomic E-state index is 0.0739. The number of hydrogen-bond acceptors (Lipinski definition) is 11. The van der Waals surface area contributed by atoms with Gasteiger partial charge in [0.15, 0.2) is 11.9 Å². The van der Waals surface area contributed by atoms with E-state index < -0.39 is 66.2 Å². The summed E-state index contributed by atoms with van der Waals surface area (Å²) < 4.78 is 53.8. The zero-order valence-electron chi connectivity index (χ0n) is 23.5. The second-order valence-corrected chi connectivity index (χ2v) is 9.44. The van der Waals surface area contributed by atoms with Crippen molar-refractivity contribution in [2.24, 2.45) is 5.92 Å².